The highest BCUT2D eigenvalue weighted by molar-refractivity contribution is 4.77. The van der Waals surface area contributed by atoms with E-state index in [-0.39, 0.29) is 0 Å². The van der Waals surface area contributed by atoms with Gasteiger partial charge in [0, 0.05) is 32.8 Å². The van der Waals surface area contributed by atoms with Crippen LogP contribution in [0.3, 0.4) is 0 Å². The second-order valence-corrected chi connectivity index (χ2v) is 5.68. The summed E-state index contributed by atoms with van der Waals surface area (Å²) in [6.07, 6.45) is 5.46. The van der Waals surface area contributed by atoms with Gasteiger partial charge in [0.25, 0.3) is 0 Å². The molecule has 0 aromatic rings. The van der Waals surface area contributed by atoms with Crippen LogP contribution in [-0.2, 0) is 4.74 Å². The van der Waals surface area contributed by atoms with Gasteiger partial charge in [-0.05, 0) is 44.1 Å². The van der Waals surface area contributed by atoms with Gasteiger partial charge in [0.05, 0.1) is 6.61 Å². The molecule has 1 saturated carbocycles. The summed E-state index contributed by atoms with van der Waals surface area (Å²) in [7, 11) is 0. The zero-order valence-corrected chi connectivity index (χ0v) is 11.3. The summed E-state index contributed by atoms with van der Waals surface area (Å²) in [6, 6.07) is 0. The molecule has 0 aromatic heterocycles. The van der Waals surface area contributed by atoms with E-state index in [1.54, 1.807) is 0 Å². The summed E-state index contributed by atoms with van der Waals surface area (Å²) in [5.74, 6) is 1.78. The molecule has 1 heterocycles. The van der Waals surface area contributed by atoms with Crippen molar-refractivity contribution in [2.45, 2.75) is 32.6 Å². The van der Waals surface area contributed by atoms with Crippen molar-refractivity contribution in [3.05, 3.63) is 0 Å². The number of rotatable bonds is 9. The third kappa shape index (κ3) is 5.36. The Morgan fingerprint density at radius 3 is 2.71 bits per heavy atom. The Bertz CT molecular complexity index is 200. The predicted molar refractivity (Wildman–Crippen MR) is 71.3 cm³/mol. The highest BCUT2D eigenvalue weighted by Gasteiger charge is 2.23. The third-order valence-corrected chi connectivity index (χ3v) is 3.81. The van der Waals surface area contributed by atoms with Crippen LogP contribution < -0.4 is 5.32 Å². The van der Waals surface area contributed by atoms with Gasteiger partial charge in [0.1, 0.15) is 0 Å². The van der Waals surface area contributed by atoms with Gasteiger partial charge in [-0.25, -0.2) is 0 Å². The van der Waals surface area contributed by atoms with Crippen LogP contribution in [0.5, 0.6) is 0 Å². The first-order valence-corrected chi connectivity index (χ1v) is 7.39. The lowest BCUT2D eigenvalue weighted by molar-refractivity contribution is 0.184. The van der Waals surface area contributed by atoms with Crippen LogP contribution in [0.4, 0.5) is 0 Å². The molecule has 3 heteroatoms. The minimum Gasteiger partial charge on any atom is -0.381 e. The second-order valence-electron chi connectivity index (χ2n) is 5.68. The Labute approximate surface area is 106 Å². The standard InChI is InChI=1S/C14H28N2O/c1-2-7-16(11-13-3-4-13)8-6-15-10-14-5-9-17-12-14/h13-15H,2-12H2,1H3. The van der Waals surface area contributed by atoms with Gasteiger partial charge in [0.15, 0.2) is 0 Å². The van der Waals surface area contributed by atoms with E-state index in [2.05, 4.69) is 17.1 Å². The van der Waals surface area contributed by atoms with E-state index in [0.29, 0.717) is 0 Å². The van der Waals surface area contributed by atoms with Crippen LogP contribution in [0.25, 0.3) is 0 Å². The van der Waals surface area contributed by atoms with E-state index in [1.165, 1.54) is 45.3 Å². The second kappa shape index (κ2) is 7.34. The fourth-order valence-electron chi connectivity index (χ4n) is 2.56. The van der Waals surface area contributed by atoms with E-state index in [9.17, 15) is 0 Å². The van der Waals surface area contributed by atoms with E-state index in [1.807, 2.05) is 0 Å². The van der Waals surface area contributed by atoms with Gasteiger partial charge in [-0.1, -0.05) is 6.92 Å². The number of ether oxygens (including phenoxy) is 1. The predicted octanol–water partition coefficient (Wildman–Crippen LogP) is 1.73. The normalized spacial score (nSPS) is 24.7. The quantitative estimate of drug-likeness (QED) is 0.621. The molecule has 1 aliphatic heterocycles. The average molecular weight is 240 g/mol. The highest BCUT2D eigenvalue weighted by Crippen LogP contribution is 2.29. The highest BCUT2D eigenvalue weighted by atomic mass is 16.5. The number of nitrogens with one attached hydrogen (secondary N) is 1. The molecule has 0 spiro atoms. The maximum absolute atomic E-state index is 5.38. The summed E-state index contributed by atoms with van der Waals surface area (Å²) in [5, 5.41) is 3.59. The minimum atomic E-state index is 0.762. The molecule has 0 bridgehead atoms. The monoisotopic (exact) mass is 240 g/mol. The van der Waals surface area contributed by atoms with Crippen LogP contribution in [0.15, 0.2) is 0 Å². The van der Waals surface area contributed by atoms with Gasteiger partial charge in [-0.3, -0.25) is 0 Å². The first-order chi connectivity index (χ1) is 8.38. The molecule has 0 radical (unpaired) electrons. The molecule has 1 saturated heterocycles. The van der Waals surface area contributed by atoms with E-state index in [4.69, 9.17) is 4.74 Å². The summed E-state index contributed by atoms with van der Waals surface area (Å²) < 4.78 is 5.38. The van der Waals surface area contributed by atoms with Gasteiger partial charge >= 0.3 is 0 Å². The zero-order valence-electron chi connectivity index (χ0n) is 11.3. The van der Waals surface area contributed by atoms with Crippen molar-refractivity contribution in [3.63, 3.8) is 0 Å². The average Bonchev–Trinajstić information content (AvgIpc) is 2.98. The molecule has 3 nitrogen and oxygen atoms in total. The molecule has 2 rings (SSSR count). The maximum atomic E-state index is 5.38. The molecule has 0 amide bonds. The lowest BCUT2D eigenvalue weighted by atomic mass is 10.1. The van der Waals surface area contributed by atoms with Crippen molar-refractivity contribution in [3.8, 4) is 0 Å². The number of hydrogen-bond donors (Lipinski definition) is 1. The van der Waals surface area contributed by atoms with Crippen molar-refractivity contribution in [2.24, 2.45) is 11.8 Å². The Morgan fingerprint density at radius 1 is 1.18 bits per heavy atom. The Kier molecular flexibility index (Phi) is 5.75. The zero-order chi connectivity index (χ0) is 11.9. The van der Waals surface area contributed by atoms with Crippen LogP contribution in [-0.4, -0.2) is 50.8 Å². The largest absolute Gasteiger partial charge is 0.381 e. The van der Waals surface area contributed by atoms with Gasteiger partial charge < -0.3 is 15.0 Å². The first kappa shape index (κ1) is 13.3. The lowest BCUT2D eigenvalue weighted by Gasteiger charge is -2.22. The van der Waals surface area contributed by atoms with Crippen LogP contribution >= 0.6 is 0 Å². The maximum Gasteiger partial charge on any atom is 0.0507 e. The summed E-state index contributed by atoms with van der Waals surface area (Å²) in [5.41, 5.74) is 0. The molecular weight excluding hydrogens is 212 g/mol. The molecule has 17 heavy (non-hydrogen) atoms. The molecule has 1 N–H and O–H groups in total. The molecule has 1 atom stereocenters. The Morgan fingerprint density at radius 2 is 2.06 bits per heavy atom. The topological polar surface area (TPSA) is 24.5 Å². The van der Waals surface area contributed by atoms with Gasteiger partial charge in [0.2, 0.25) is 0 Å². The molecule has 1 aliphatic carbocycles. The van der Waals surface area contributed by atoms with Crippen LogP contribution in [0.1, 0.15) is 32.6 Å². The molecular formula is C14H28N2O. The van der Waals surface area contributed by atoms with Crippen LogP contribution in [0.2, 0.25) is 0 Å². The fraction of sp³-hybridized carbons (Fsp3) is 1.00. The number of nitrogens with zero attached hydrogens (tertiary/aromatic N) is 1. The van der Waals surface area contributed by atoms with Crippen molar-refractivity contribution in [2.75, 3.05) is 45.9 Å². The van der Waals surface area contributed by atoms with Crippen molar-refractivity contribution in [1.82, 2.24) is 10.2 Å². The Hall–Kier alpha value is -0.120. The summed E-state index contributed by atoms with van der Waals surface area (Å²) in [6.45, 7) is 10.3. The summed E-state index contributed by atoms with van der Waals surface area (Å²) >= 11 is 0. The molecule has 0 aromatic carbocycles. The van der Waals surface area contributed by atoms with Crippen molar-refractivity contribution in [1.29, 1.82) is 0 Å². The van der Waals surface area contributed by atoms with Gasteiger partial charge in [-0.15, -0.1) is 0 Å². The minimum absolute atomic E-state index is 0.762. The SMILES string of the molecule is CCCN(CCNCC1CCOC1)CC1CC1. The molecule has 2 aliphatic rings. The van der Waals surface area contributed by atoms with E-state index < -0.39 is 0 Å². The Balaban J connectivity index is 1.51. The fourth-order valence-corrected chi connectivity index (χ4v) is 2.56. The van der Waals surface area contributed by atoms with Crippen LogP contribution in [0, 0.1) is 11.8 Å². The first-order valence-electron chi connectivity index (χ1n) is 7.39. The molecule has 100 valence electrons. The van der Waals surface area contributed by atoms with Gasteiger partial charge in [-0.2, -0.15) is 0 Å². The summed E-state index contributed by atoms with van der Waals surface area (Å²) in [4.78, 5) is 2.63. The third-order valence-electron chi connectivity index (χ3n) is 3.81. The number of hydrogen-bond acceptors (Lipinski definition) is 3. The molecule has 1 unspecified atom stereocenters. The smallest absolute Gasteiger partial charge is 0.0507 e. The van der Waals surface area contributed by atoms with Crippen molar-refractivity contribution >= 4 is 0 Å². The van der Waals surface area contributed by atoms with Crippen molar-refractivity contribution < 1.29 is 4.74 Å². The molecule has 2 fully saturated rings. The lowest BCUT2D eigenvalue weighted by Crippen LogP contribution is -2.35. The van der Waals surface area contributed by atoms with E-state index >= 15 is 0 Å². The van der Waals surface area contributed by atoms with E-state index in [0.717, 1.165) is 38.1 Å².